The third-order valence-corrected chi connectivity index (χ3v) is 2.96. The molecule has 0 radical (unpaired) electrons. The van der Waals surface area contributed by atoms with E-state index in [-0.39, 0.29) is 5.78 Å². The van der Waals surface area contributed by atoms with Crippen molar-refractivity contribution in [1.82, 2.24) is 0 Å². The summed E-state index contributed by atoms with van der Waals surface area (Å²) in [5.41, 5.74) is 0.409. The van der Waals surface area contributed by atoms with Crippen molar-refractivity contribution in [3.8, 4) is 0 Å². The first-order valence-electron chi connectivity index (χ1n) is 4.73. The lowest BCUT2D eigenvalue weighted by Crippen LogP contribution is -2.19. The molecule has 2 rings (SSSR count). The Morgan fingerprint density at radius 2 is 2.07 bits per heavy atom. The molecule has 0 unspecified atom stereocenters. The quantitative estimate of drug-likeness (QED) is 0.622. The van der Waals surface area contributed by atoms with Gasteiger partial charge in [0.1, 0.15) is 0 Å². The maximum Gasteiger partial charge on any atom is 0.203 e. The van der Waals surface area contributed by atoms with Crippen LogP contribution >= 0.6 is 15.9 Å². The molecule has 0 aliphatic carbocycles. The van der Waals surface area contributed by atoms with Crippen LogP contribution in [0.15, 0.2) is 34.8 Å². The highest BCUT2D eigenvalue weighted by Gasteiger charge is 2.47. The van der Waals surface area contributed by atoms with E-state index in [1.54, 1.807) is 6.92 Å². The molecular formula is C12H11BrO2. The molecule has 15 heavy (non-hydrogen) atoms. The molecule has 1 aliphatic rings. The second-order valence-electron chi connectivity index (χ2n) is 3.75. The van der Waals surface area contributed by atoms with Gasteiger partial charge in [0, 0.05) is 0 Å². The van der Waals surface area contributed by atoms with Crippen molar-refractivity contribution >= 4 is 27.8 Å². The number of epoxide rings is 1. The molecule has 1 atom stereocenters. The molecule has 1 aliphatic heterocycles. The standard InChI is InChI=1S/C12H11BrO2/c1-12(8-15-12)11(14)10(13)7-9-5-3-2-4-6-9/h2-7H,8H2,1H3/b10-7-/t12-/m1/s1. The monoisotopic (exact) mass is 266 g/mol. The van der Waals surface area contributed by atoms with E-state index >= 15 is 0 Å². The lowest BCUT2D eigenvalue weighted by molar-refractivity contribution is -0.119. The van der Waals surface area contributed by atoms with E-state index < -0.39 is 5.60 Å². The molecule has 1 saturated heterocycles. The molecule has 0 N–H and O–H groups in total. The molecular weight excluding hydrogens is 256 g/mol. The molecule has 1 heterocycles. The van der Waals surface area contributed by atoms with E-state index in [9.17, 15) is 4.79 Å². The highest BCUT2D eigenvalue weighted by atomic mass is 79.9. The smallest absolute Gasteiger partial charge is 0.203 e. The van der Waals surface area contributed by atoms with Crippen LogP contribution in [0.2, 0.25) is 0 Å². The molecule has 3 heteroatoms. The number of rotatable bonds is 3. The lowest BCUT2D eigenvalue weighted by Gasteiger charge is -2.02. The van der Waals surface area contributed by atoms with Crippen molar-refractivity contribution in [2.45, 2.75) is 12.5 Å². The summed E-state index contributed by atoms with van der Waals surface area (Å²) >= 11 is 3.29. The Morgan fingerprint density at radius 1 is 1.47 bits per heavy atom. The first-order valence-corrected chi connectivity index (χ1v) is 5.52. The summed E-state index contributed by atoms with van der Waals surface area (Å²) in [4.78, 5) is 11.8. The van der Waals surface area contributed by atoms with E-state index in [1.165, 1.54) is 0 Å². The summed E-state index contributed by atoms with van der Waals surface area (Å²) in [6.45, 7) is 2.32. The topological polar surface area (TPSA) is 29.6 Å². The Bertz CT molecular complexity index is 405. The molecule has 1 aromatic carbocycles. The van der Waals surface area contributed by atoms with E-state index in [2.05, 4.69) is 15.9 Å². The van der Waals surface area contributed by atoms with Gasteiger partial charge in [0.05, 0.1) is 11.1 Å². The van der Waals surface area contributed by atoms with Crippen LogP contribution in [-0.4, -0.2) is 18.0 Å². The number of hydrogen-bond acceptors (Lipinski definition) is 2. The number of Topliss-reactive ketones (excluding diaryl/α,β-unsaturated/α-hetero) is 1. The Balaban J connectivity index is 2.17. The average Bonchev–Trinajstić information content (AvgIpc) is 2.98. The van der Waals surface area contributed by atoms with Gasteiger partial charge in [0.2, 0.25) is 5.78 Å². The van der Waals surface area contributed by atoms with Gasteiger partial charge >= 0.3 is 0 Å². The maximum absolute atomic E-state index is 11.8. The number of halogens is 1. The van der Waals surface area contributed by atoms with Crippen molar-refractivity contribution in [1.29, 1.82) is 0 Å². The predicted octanol–water partition coefficient (Wildman–Crippen LogP) is 2.78. The zero-order valence-electron chi connectivity index (χ0n) is 8.37. The van der Waals surface area contributed by atoms with Gasteiger partial charge in [-0.15, -0.1) is 0 Å². The first-order chi connectivity index (χ1) is 7.12. The van der Waals surface area contributed by atoms with Crippen molar-refractivity contribution in [3.63, 3.8) is 0 Å². The summed E-state index contributed by atoms with van der Waals surface area (Å²) in [5, 5.41) is 0. The maximum atomic E-state index is 11.8. The molecule has 0 saturated carbocycles. The summed E-state index contributed by atoms with van der Waals surface area (Å²) in [7, 11) is 0. The van der Waals surface area contributed by atoms with Gasteiger partial charge in [-0.3, -0.25) is 4.79 Å². The molecule has 2 nitrogen and oxygen atoms in total. The highest BCUT2D eigenvalue weighted by molar-refractivity contribution is 9.12. The Morgan fingerprint density at radius 3 is 2.60 bits per heavy atom. The van der Waals surface area contributed by atoms with Crippen LogP contribution in [0.1, 0.15) is 12.5 Å². The zero-order valence-corrected chi connectivity index (χ0v) is 9.95. The van der Waals surface area contributed by atoms with Gasteiger partial charge < -0.3 is 4.74 Å². The van der Waals surface area contributed by atoms with Crippen LogP contribution in [-0.2, 0) is 9.53 Å². The molecule has 0 bridgehead atoms. The first kappa shape index (κ1) is 10.6. The van der Waals surface area contributed by atoms with Crippen molar-refractivity contribution in [3.05, 3.63) is 40.4 Å². The van der Waals surface area contributed by atoms with Crippen LogP contribution in [0.5, 0.6) is 0 Å². The van der Waals surface area contributed by atoms with E-state index in [4.69, 9.17) is 4.74 Å². The molecule has 1 aromatic rings. The SMILES string of the molecule is C[C@]1(C(=O)/C(Br)=C/c2ccccc2)CO1. The predicted molar refractivity (Wildman–Crippen MR) is 62.7 cm³/mol. The molecule has 78 valence electrons. The Labute approximate surface area is 97.1 Å². The van der Waals surface area contributed by atoms with Crippen LogP contribution in [0.3, 0.4) is 0 Å². The summed E-state index contributed by atoms with van der Waals surface area (Å²) in [5.74, 6) is 0.00588. The zero-order chi connectivity index (χ0) is 10.9. The minimum absolute atomic E-state index is 0.00588. The van der Waals surface area contributed by atoms with E-state index in [0.29, 0.717) is 11.1 Å². The van der Waals surface area contributed by atoms with Gasteiger partial charge in [-0.05, 0) is 34.5 Å². The summed E-state index contributed by atoms with van der Waals surface area (Å²) in [6.07, 6.45) is 1.81. The number of carbonyl (C=O) groups excluding carboxylic acids is 1. The highest BCUT2D eigenvalue weighted by Crippen LogP contribution is 2.32. The Kier molecular flexibility index (Phi) is 2.76. The number of carbonyl (C=O) groups is 1. The molecule has 0 aromatic heterocycles. The van der Waals surface area contributed by atoms with Gasteiger partial charge in [-0.25, -0.2) is 0 Å². The Hall–Kier alpha value is -0.930. The third kappa shape index (κ3) is 2.36. The fourth-order valence-electron chi connectivity index (χ4n) is 1.25. The van der Waals surface area contributed by atoms with Crippen molar-refractivity contribution in [2.24, 2.45) is 0 Å². The second-order valence-corrected chi connectivity index (χ2v) is 4.61. The minimum atomic E-state index is -0.593. The van der Waals surface area contributed by atoms with Crippen LogP contribution < -0.4 is 0 Å². The van der Waals surface area contributed by atoms with E-state index in [0.717, 1.165) is 5.56 Å². The summed E-state index contributed by atoms with van der Waals surface area (Å²) in [6, 6.07) is 9.71. The largest absolute Gasteiger partial charge is 0.361 e. The number of benzene rings is 1. The third-order valence-electron chi connectivity index (χ3n) is 2.37. The fourth-order valence-corrected chi connectivity index (χ4v) is 1.94. The second kappa shape index (κ2) is 3.91. The van der Waals surface area contributed by atoms with Gasteiger partial charge in [0.15, 0.2) is 5.60 Å². The van der Waals surface area contributed by atoms with Crippen molar-refractivity contribution in [2.75, 3.05) is 6.61 Å². The normalized spacial score (nSPS) is 25.1. The van der Waals surface area contributed by atoms with Crippen molar-refractivity contribution < 1.29 is 9.53 Å². The van der Waals surface area contributed by atoms with Gasteiger partial charge in [0.25, 0.3) is 0 Å². The lowest BCUT2D eigenvalue weighted by atomic mass is 10.1. The molecule has 0 amide bonds. The van der Waals surface area contributed by atoms with E-state index in [1.807, 2.05) is 36.4 Å². The van der Waals surface area contributed by atoms with Gasteiger partial charge in [-0.1, -0.05) is 30.3 Å². The summed E-state index contributed by atoms with van der Waals surface area (Å²) < 4.78 is 5.66. The molecule has 1 fully saturated rings. The van der Waals surface area contributed by atoms with Crippen LogP contribution in [0.4, 0.5) is 0 Å². The fraction of sp³-hybridized carbons (Fsp3) is 0.250. The number of ketones is 1. The number of hydrogen-bond donors (Lipinski definition) is 0. The average molecular weight is 267 g/mol. The minimum Gasteiger partial charge on any atom is -0.361 e. The van der Waals surface area contributed by atoms with Crippen LogP contribution in [0, 0.1) is 0 Å². The van der Waals surface area contributed by atoms with Crippen LogP contribution in [0.25, 0.3) is 6.08 Å². The van der Waals surface area contributed by atoms with Gasteiger partial charge in [-0.2, -0.15) is 0 Å². The molecule has 0 spiro atoms. The number of ether oxygens (including phenoxy) is 1.